The molecular formula is C12H13F3OS. The second kappa shape index (κ2) is 4.72. The molecule has 0 amide bonds. The molecule has 0 aliphatic heterocycles. The van der Waals surface area contributed by atoms with Crippen LogP contribution in [0.25, 0.3) is 0 Å². The largest absolute Gasteiger partial charge is 0.454 e. The zero-order valence-corrected chi connectivity index (χ0v) is 10.6. The predicted molar refractivity (Wildman–Crippen MR) is 62.4 cm³/mol. The first kappa shape index (κ1) is 14.1. The Labute approximate surface area is 102 Å². The molecule has 0 heterocycles. The Balaban J connectivity index is 3.13. The van der Waals surface area contributed by atoms with E-state index in [1.165, 1.54) is 30.0 Å². The molecule has 0 spiro atoms. The Morgan fingerprint density at radius 1 is 1.12 bits per heavy atom. The molecule has 0 unspecified atom stereocenters. The van der Waals surface area contributed by atoms with Crippen LogP contribution in [-0.4, -0.2) is 16.7 Å². The van der Waals surface area contributed by atoms with Crippen LogP contribution in [0.4, 0.5) is 13.2 Å². The molecule has 94 valence electrons. The summed E-state index contributed by atoms with van der Waals surface area (Å²) in [5.41, 5.74) is -0.278. The van der Waals surface area contributed by atoms with E-state index in [2.05, 4.69) is 0 Å². The van der Waals surface area contributed by atoms with Gasteiger partial charge in [-0.2, -0.15) is 13.2 Å². The van der Waals surface area contributed by atoms with E-state index in [9.17, 15) is 18.0 Å². The zero-order chi connectivity index (χ0) is 13.3. The lowest BCUT2D eigenvalue weighted by atomic mass is 10.1. The summed E-state index contributed by atoms with van der Waals surface area (Å²) in [6.07, 6.45) is -4.82. The van der Waals surface area contributed by atoms with Gasteiger partial charge in [0, 0.05) is 15.2 Å². The minimum atomic E-state index is -4.82. The van der Waals surface area contributed by atoms with E-state index >= 15 is 0 Å². The molecule has 1 aromatic rings. The van der Waals surface area contributed by atoms with Gasteiger partial charge in [-0.05, 0) is 12.1 Å². The Hall–Kier alpha value is -0.970. The molecule has 0 aromatic heterocycles. The second-order valence-electron chi connectivity index (χ2n) is 4.54. The number of carbonyl (C=O) groups excluding carboxylic acids is 1. The van der Waals surface area contributed by atoms with E-state index in [4.69, 9.17) is 0 Å². The van der Waals surface area contributed by atoms with Gasteiger partial charge < -0.3 is 0 Å². The summed E-state index contributed by atoms with van der Waals surface area (Å²) in [5.74, 6) is -1.79. The predicted octanol–water partition coefficient (Wildman–Crippen LogP) is 4.32. The van der Waals surface area contributed by atoms with E-state index in [-0.39, 0.29) is 10.3 Å². The van der Waals surface area contributed by atoms with E-state index in [0.29, 0.717) is 4.90 Å². The molecule has 0 bridgehead atoms. The number of ketones is 1. The van der Waals surface area contributed by atoms with Gasteiger partial charge in [0.25, 0.3) is 5.78 Å². The maximum Gasteiger partial charge on any atom is 0.454 e. The van der Waals surface area contributed by atoms with Crippen LogP contribution in [0.1, 0.15) is 31.1 Å². The van der Waals surface area contributed by atoms with Crippen LogP contribution in [-0.2, 0) is 0 Å². The summed E-state index contributed by atoms with van der Waals surface area (Å²) in [6, 6.07) is 5.81. The van der Waals surface area contributed by atoms with Crippen molar-refractivity contribution in [2.24, 2.45) is 0 Å². The SMILES string of the molecule is CC(C)(C)Sc1ccccc1C(=O)C(F)(F)F. The number of Topliss-reactive ketones (excluding diaryl/α,β-unsaturated/α-hetero) is 1. The monoisotopic (exact) mass is 262 g/mol. The van der Waals surface area contributed by atoms with Gasteiger partial charge in [-0.3, -0.25) is 4.79 Å². The van der Waals surface area contributed by atoms with Crippen LogP contribution in [0, 0.1) is 0 Å². The van der Waals surface area contributed by atoms with Crippen molar-refractivity contribution in [1.82, 2.24) is 0 Å². The number of alkyl halides is 3. The van der Waals surface area contributed by atoms with Crippen LogP contribution in [0.15, 0.2) is 29.2 Å². The summed E-state index contributed by atoms with van der Waals surface area (Å²) in [5, 5.41) is 0. The number of carbonyl (C=O) groups is 1. The molecule has 0 atom stereocenters. The normalized spacial score (nSPS) is 12.6. The summed E-state index contributed by atoms with van der Waals surface area (Å²) in [7, 11) is 0. The Morgan fingerprint density at radius 3 is 2.12 bits per heavy atom. The van der Waals surface area contributed by atoms with Gasteiger partial charge in [-0.25, -0.2) is 0 Å². The lowest BCUT2D eigenvalue weighted by Gasteiger charge is -2.19. The molecule has 0 aliphatic carbocycles. The first-order valence-corrected chi connectivity index (χ1v) is 5.82. The summed E-state index contributed by atoms with van der Waals surface area (Å²) in [4.78, 5) is 11.6. The average Bonchev–Trinajstić information content (AvgIpc) is 2.13. The van der Waals surface area contributed by atoms with E-state index in [0.717, 1.165) is 0 Å². The zero-order valence-electron chi connectivity index (χ0n) is 9.76. The van der Waals surface area contributed by atoms with Crippen molar-refractivity contribution in [1.29, 1.82) is 0 Å². The fraction of sp³-hybridized carbons (Fsp3) is 0.417. The van der Waals surface area contributed by atoms with E-state index in [1.54, 1.807) is 6.07 Å². The maximum atomic E-state index is 12.4. The molecule has 1 aromatic carbocycles. The highest BCUT2D eigenvalue weighted by molar-refractivity contribution is 8.00. The fourth-order valence-electron chi connectivity index (χ4n) is 1.23. The lowest BCUT2D eigenvalue weighted by molar-refractivity contribution is -0.0887. The van der Waals surface area contributed by atoms with Crippen LogP contribution in [0.5, 0.6) is 0 Å². The number of hydrogen-bond acceptors (Lipinski definition) is 2. The smallest absolute Gasteiger partial charge is 0.284 e. The first-order chi connectivity index (χ1) is 7.61. The Kier molecular flexibility index (Phi) is 3.91. The number of halogens is 3. The standard InChI is InChI=1S/C12H13F3OS/c1-11(2,3)17-9-7-5-4-6-8(9)10(16)12(13,14)15/h4-7H,1-3H3. The van der Waals surface area contributed by atoms with Crippen molar-refractivity contribution < 1.29 is 18.0 Å². The minimum Gasteiger partial charge on any atom is -0.284 e. The van der Waals surface area contributed by atoms with Crippen LogP contribution >= 0.6 is 11.8 Å². The number of benzene rings is 1. The third kappa shape index (κ3) is 4.07. The van der Waals surface area contributed by atoms with E-state index < -0.39 is 12.0 Å². The van der Waals surface area contributed by atoms with Gasteiger partial charge in [0.2, 0.25) is 0 Å². The van der Waals surface area contributed by atoms with Crippen molar-refractivity contribution in [3.05, 3.63) is 29.8 Å². The van der Waals surface area contributed by atoms with Gasteiger partial charge in [-0.1, -0.05) is 32.9 Å². The third-order valence-corrected chi connectivity index (χ3v) is 2.99. The molecule has 0 N–H and O–H groups in total. The highest BCUT2D eigenvalue weighted by Gasteiger charge is 2.40. The van der Waals surface area contributed by atoms with Crippen LogP contribution < -0.4 is 0 Å². The summed E-state index contributed by atoms with van der Waals surface area (Å²) >= 11 is 1.25. The van der Waals surface area contributed by atoms with Crippen LogP contribution in [0.2, 0.25) is 0 Å². The molecule has 5 heteroatoms. The molecule has 0 fully saturated rings. The van der Waals surface area contributed by atoms with Crippen molar-refractivity contribution >= 4 is 17.5 Å². The third-order valence-electron chi connectivity index (χ3n) is 1.81. The average molecular weight is 262 g/mol. The lowest BCUT2D eigenvalue weighted by Crippen LogP contribution is -2.23. The van der Waals surface area contributed by atoms with Crippen molar-refractivity contribution in [3.8, 4) is 0 Å². The quantitative estimate of drug-likeness (QED) is 0.583. The van der Waals surface area contributed by atoms with Gasteiger partial charge >= 0.3 is 6.18 Å². The highest BCUT2D eigenvalue weighted by Crippen LogP contribution is 2.36. The second-order valence-corrected chi connectivity index (χ2v) is 6.41. The van der Waals surface area contributed by atoms with Crippen LogP contribution in [0.3, 0.4) is 0 Å². The van der Waals surface area contributed by atoms with Gasteiger partial charge in [0.1, 0.15) is 0 Å². The number of rotatable bonds is 2. The van der Waals surface area contributed by atoms with Crippen molar-refractivity contribution in [2.45, 2.75) is 36.6 Å². The number of thioether (sulfide) groups is 1. The minimum absolute atomic E-state index is 0.248. The molecule has 0 saturated heterocycles. The van der Waals surface area contributed by atoms with Gasteiger partial charge in [0.15, 0.2) is 0 Å². The Morgan fingerprint density at radius 2 is 1.65 bits per heavy atom. The van der Waals surface area contributed by atoms with E-state index in [1.807, 2.05) is 20.8 Å². The van der Waals surface area contributed by atoms with Crippen molar-refractivity contribution in [2.75, 3.05) is 0 Å². The van der Waals surface area contributed by atoms with Gasteiger partial charge in [-0.15, -0.1) is 11.8 Å². The molecule has 17 heavy (non-hydrogen) atoms. The summed E-state index contributed by atoms with van der Waals surface area (Å²) < 4.78 is 36.9. The first-order valence-electron chi connectivity index (χ1n) is 5.01. The molecule has 0 radical (unpaired) electrons. The fourth-order valence-corrected chi connectivity index (χ4v) is 2.30. The highest BCUT2D eigenvalue weighted by atomic mass is 32.2. The molecular weight excluding hydrogens is 249 g/mol. The molecule has 1 nitrogen and oxygen atoms in total. The topological polar surface area (TPSA) is 17.1 Å². The molecule has 0 saturated carbocycles. The molecule has 0 aliphatic rings. The molecule has 1 rings (SSSR count). The maximum absolute atomic E-state index is 12.4. The van der Waals surface area contributed by atoms with Gasteiger partial charge in [0.05, 0.1) is 0 Å². The summed E-state index contributed by atoms with van der Waals surface area (Å²) in [6.45, 7) is 5.64. The van der Waals surface area contributed by atoms with Crippen molar-refractivity contribution in [3.63, 3.8) is 0 Å². The Bertz CT molecular complexity index is 418. The number of hydrogen-bond donors (Lipinski definition) is 0.